The maximum absolute atomic E-state index is 12.0. The van der Waals surface area contributed by atoms with Crippen molar-refractivity contribution in [3.8, 4) is 0 Å². The molecule has 3 N–H and O–H groups in total. The minimum atomic E-state index is -0.672. The van der Waals surface area contributed by atoms with Crippen molar-refractivity contribution in [2.75, 3.05) is 5.32 Å². The molecule has 1 aromatic carbocycles. The van der Waals surface area contributed by atoms with Crippen LogP contribution in [0.1, 0.15) is 39.5 Å². The van der Waals surface area contributed by atoms with E-state index in [2.05, 4.69) is 35.1 Å². The van der Waals surface area contributed by atoms with Gasteiger partial charge in [0, 0.05) is 10.2 Å². The average Bonchev–Trinajstić information content (AvgIpc) is 2.32. The summed E-state index contributed by atoms with van der Waals surface area (Å²) in [7, 11) is 0. The van der Waals surface area contributed by atoms with Gasteiger partial charge in [0.15, 0.2) is 0 Å². The van der Waals surface area contributed by atoms with E-state index in [0.717, 1.165) is 35.8 Å². The van der Waals surface area contributed by atoms with Gasteiger partial charge in [-0.1, -0.05) is 31.9 Å². The highest BCUT2D eigenvalue weighted by Gasteiger charge is 2.44. The largest absolute Gasteiger partial charge is 0.371 e. The van der Waals surface area contributed by atoms with Gasteiger partial charge in [-0.05, 0) is 58.8 Å². The molecule has 20 heavy (non-hydrogen) atoms. The maximum Gasteiger partial charge on any atom is 0.243 e. The van der Waals surface area contributed by atoms with Gasteiger partial charge in [0.05, 0.1) is 5.02 Å². The molecule has 0 aliphatic heterocycles. The Bertz CT molecular complexity index is 533. The van der Waals surface area contributed by atoms with Crippen LogP contribution in [0.3, 0.4) is 0 Å². The van der Waals surface area contributed by atoms with E-state index in [-0.39, 0.29) is 11.3 Å². The van der Waals surface area contributed by atoms with Crippen LogP contribution in [0, 0.1) is 5.41 Å². The molecular weight excluding hydrogens is 340 g/mol. The molecule has 5 heteroatoms. The molecule has 1 aliphatic carbocycles. The van der Waals surface area contributed by atoms with E-state index in [1.54, 1.807) is 6.07 Å². The second-order valence-corrected chi connectivity index (χ2v) is 7.66. The van der Waals surface area contributed by atoms with Gasteiger partial charge in [0.25, 0.3) is 0 Å². The van der Waals surface area contributed by atoms with Crippen LogP contribution in [0.25, 0.3) is 0 Å². The third-order valence-corrected chi connectivity index (χ3v) is 5.23. The quantitative estimate of drug-likeness (QED) is 0.843. The second kappa shape index (κ2) is 5.57. The molecule has 0 spiro atoms. The fourth-order valence-corrected chi connectivity index (χ4v) is 3.59. The molecule has 1 unspecified atom stereocenters. The molecule has 0 bridgehead atoms. The Labute approximate surface area is 133 Å². The molecule has 0 radical (unpaired) electrons. The lowest BCUT2D eigenvalue weighted by atomic mass is 9.67. The highest BCUT2D eigenvalue weighted by molar-refractivity contribution is 9.10. The topological polar surface area (TPSA) is 55.1 Å². The van der Waals surface area contributed by atoms with Crippen LogP contribution in [0.5, 0.6) is 0 Å². The van der Waals surface area contributed by atoms with Crippen LogP contribution < -0.4 is 11.1 Å². The maximum atomic E-state index is 12.0. The van der Waals surface area contributed by atoms with Crippen molar-refractivity contribution >= 4 is 39.1 Å². The number of nitrogens with one attached hydrogen (secondary N) is 1. The first kappa shape index (κ1) is 15.6. The van der Waals surface area contributed by atoms with Crippen LogP contribution >= 0.6 is 27.5 Å². The normalized spacial score (nSPS) is 25.2. The molecule has 2 rings (SSSR count). The highest BCUT2D eigenvalue weighted by atomic mass is 79.9. The first-order valence-corrected chi connectivity index (χ1v) is 7.94. The Morgan fingerprint density at radius 1 is 1.40 bits per heavy atom. The Kier molecular flexibility index (Phi) is 4.35. The van der Waals surface area contributed by atoms with E-state index < -0.39 is 5.54 Å². The summed E-state index contributed by atoms with van der Waals surface area (Å²) in [6, 6.07) is 5.56. The summed E-state index contributed by atoms with van der Waals surface area (Å²) in [6.07, 6.45) is 3.63. The van der Waals surface area contributed by atoms with Crippen LogP contribution in [0.4, 0.5) is 5.69 Å². The van der Waals surface area contributed by atoms with Crippen LogP contribution in [0.15, 0.2) is 22.7 Å². The zero-order valence-corrected chi connectivity index (χ0v) is 14.1. The fraction of sp³-hybridized carbons (Fsp3) is 0.533. The minimum Gasteiger partial charge on any atom is -0.371 e. The van der Waals surface area contributed by atoms with Crippen molar-refractivity contribution in [3.05, 3.63) is 27.7 Å². The number of benzene rings is 1. The number of carbonyl (C=O) groups is 1. The number of halogens is 2. The monoisotopic (exact) mass is 358 g/mol. The van der Waals surface area contributed by atoms with E-state index in [1.165, 1.54) is 0 Å². The molecule has 110 valence electrons. The second-order valence-electron chi connectivity index (χ2n) is 6.39. The lowest BCUT2D eigenvalue weighted by Gasteiger charge is -2.44. The lowest BCUT2D eigenvalue weighted by molar-refractivity contribution is -0.124. The number of carbonyl (C=O) groups excluding carboxylic acids is 1. The van der Waals surface area contributed by atoms with Crippen molar-refractivity contribution in [1.29, 1.82) is 0 Å². The number of hydrogen-bond donors (Lipinski definition) is 2. The predicted molar refractivity (Wildman–Crippen MR) is 86.9 cm³/mol. The van der Waals surface area contributed by atoms with E-state index >= 15 is 0 Å². The van der Waals surface area contributed by atoms with Crippen LogP contribution in [-0.4, -0.2) is 11.4 Å². The van der Waals surface area contributed by atoms with Gasteiger partial charge in [-0.15, -0.1) is 0 Å². The molecular formula is C15H20BrClN2O. The summed E-state index contributed by atoms with van der Waals surface area (Å²) in [4.78, 5) is 12.0. The first-order valence-electron chi connectivity index (χ1n) is 6.77. The zero-order chi connectivity index (χ0) is 15.0. The van der Waals surface area contributed by atoms with E-state index in [1.807, 2.05) is 12.1 Å². The van der Waals surface area contributed by atoms with Gasteiger partial charge in [0.2, 0.25) is 5.91 Å². The van der Waals surface area contributed by atoms with E-state index in [9.17, 15) is 4.79 Å². The number of anilines is 1. The Morgan fingerprint density at radius 3 is 2.65 bits per heavy atom. The van der Waals surface area contributed by atoms with Gasteiger partial charge >= 0.3 is 0 Å². The van der Waals surface area contributed by atoms with Gasteiger partial charge in [-0.25, -0.2) is 0 Å². The highest BCUT2D eigenvalue weighted by Crippen LogP contribution is 2.43. The van der Waals surface area contributed by atoms with Crippen molar-refractivity contribution < 1.29 is 4.79 Å². The lowest BCUT2D eigenvalue weighted by Crippen LogP contribution is -2.55. The van der Waals surface area contributed by atoms with Gasteiger partial charge in [0.1, 0.15) is 5.54 Å². The molecule has 1 amide bonds. The van der Waals surface area contributed by atoms with E-state index in [4.69, 9.17) is 17.3 Å². The SMILES string of the molecule is CC1(C)CCCC(Nc2ccc(Cl)c(Br)c2)(C(N)=O)C1. The molecule has 1 saturated carbocycles. The van der Waals surface area contributed by atoms with Crippen molar-refractivity contribution in [3.63, 3.8) is 0 Å². The number of nitrogens with two attached hydrogens (primary N) is 1. The number of rotatable bonds is 3. The molecule has 1 aromatic rings. The molecule has 0 aromatic heterocycles. The third-order valence-electron chi connectivity index (χ3n) is 4.01. The fourth-order valence-electron chi connectivity index (χ4n) is 3.09. The number of hydrogen-bond acceptors (Lipinski definition) is 2. The minimum absolute atomic E-state index is 0.115. The Hall–Kier alpha value is -0.740. The molecule has 1 fully saturated rings. The summed E-state index contributed by atoms with van der Waals surface area (Å²) in [6.45, 7) is 4.37. The molecule has 3 nitrogen and oxygen atoms in total. The zero-order valence-electron chi connectivity index (χ0n) is 11.8. The van der Waals surface area contributed by atoms with Crippen molar-refractivity contribution in [2.45, 2.75) is 45.1 Å². The summed E-state index contributed by atoms with van der Waals surface area (Å²) >= 11 is 9.40. The molecule has 1 aliphatic rings. The van der Waals surface area contributed by atoms with E-state index in [0.29, 0.717) is 5.02 Å². The molecule has 1 atom stereocenters. The van der Waals surface area contributed by atoms with Crippen LogP contribution in [-0.2, 0) is 4.79 Å². The summed E-state index contributed by atoms with van der Waals surface area (Å²) in [5.74, 6) is -0.281. The predicted octanol–water partition coefficient (Wildman–Crippen LogP) is 4.34. The first-order chi connectivity index (χ1) is 9.24. The Morgan fingerprint density at radius 2 is 2.10 bits per heavy atom. The van der Waals surface area contributed by atoms with Crippen molar-refractivity contribution in [1.82, 2.24) is 0 Å². The smallest absolute Gasteiger partial charge is 0.243 e. The van der Waals surface area contributed by atoms with Gasteiger partial charge < -0.3 is 11.1 Å². The van der Waals surface area contributed by atoms with Crippen molar-refractivity contribution in [2.24, 2.45) is 11.1 Å². The average molecular weight is 360 g/mol. The summed E-state index contributed by atoms with van der Waals surface area (Å²) < 4.78 is 0.804. The standard InChI is InChI=1S/C15H20BrClN2O/c1-14(2)6-3-7-15(9-14,13(18)20)19-10-4-5-12(17)11(16)8-10/h4-5,8,19H,3,6-7,9H2,1-2H3,(H2,18,20). The van der Waals surface area contributed by atoms with Gasteiger partial charge in [-0.3, -0.25) is 4.79 Å². The number of primary amides is 1. The van der Waals surface area contributed by atoms with Gasteiger partial charge in [-0.2, -0.15) is 0 Å². The summed E-state index contributed by atoms with van der Waals surface area (Å²) in [5, 5.41) is 4.00. The summed E-state index contributed by atoms with van der Waals surface area (Å²) in [5.41, 5.74) is 6.00. The molecule has 0 heterocycles. The van der Waals surface area contributed by atoms with Crippen LogP contribution in [0.2, 0.25) is 5.02 Å². The third kappa shape index (κ3) is 3.29. The number of amides is 1. The molecule has 0 saturated heterocycles. The Balaban J connectivity index is 2.29.